The predicted octanol–water partition coefficient (Wildman–Crippen LogP) is 0.534. The van der Waals surface area contributed by atoms with Crippen LogP contribution in [0.25, 0.3) is 0 Å². The fourth-order valence-electron chi connectivity index (χ4n) is 1.47. The molecular weight excluding hydrogens is 165 g/mol. The summed E-state index contributed by atoms with van der Waals surface area (Å²) in [5.74, 6) is -0.352. The van der Waals surface area contributed by atoms with Gasteiger partial charge in [0.05, 0.1) is 18.7 Å². The number of carbonyl (C=O) groups is 2. The number of likely N-dealkylation sites (tertiary alicyclic amines) is 1. The summed E-state index contributed by atoms with van der Waals surface area (Å²) in [5.41, 5.74) is -1.30. The third-order valence-corrected chi connectivity index (χ3v) is 3.30. The van der Waals surface area contributed by atoms with E-state index in [1.54, 1.807) is 27.7 Å². The first-order valence-electron chi connectivity index (χ1n) is 4.33. The van der Waals surface area contributed by atoms with Gasteiger partial charge in [-0.25, -0.2) is 0 Å². The highest BCUT2D eigenvalue weighted by molar-refractivity contribution is 6.16. The molecule has 0 atom stereocenters. The maximum atomic E-state index is 11.7. The maximum absolute atomic E-state index is 11.7. The number of hydrogen-bond donors (Lipinski definition) is 0. The van der Waals surface area contributed by atoms with E-state index in [4.69, 9.17) is 7.85 Å². The molecule has 0 aromatic rings. The minimum absolute atomic E-state index is 0.0233. The molecule has 13 heavy (non-hydrogen) atoms. The van der Waals surface area contributed by atoms with E-state index in [1.165, 1.54) is 0 Å². The first kappa shape index (κ1) is 10.3. The number of rotatable bonds is 1. The lowest BCUT2D eigenvalue weighted by Gasteiger charge is -2.28. The second-order valence-electron chi connectivity index (χ2n) is 4.47. The zero-order chi connectivity index (χ0) is 10.4. The van der Waals surface area contributed by atoms with Crippen LogP contribution in [0.2, 0.25) is 0 Å². The standard InChI is InChI=1S/C9H14BNO2/c1-8(2)6(12)11(5-10)7(13)9(8,3)4/h5H2,1-4H3. The Labute approximate surface area is 79.9 Å². The van der Waals surface area contributed by atoms with E-state index in [0.717, 1.165) is 4.90 Å². The van der Waals surface area contributed by atoms with Crippen molar-refractivity contribution in [1.82, 2.24) is 4.90 Å². The van der Waals surface area contributed by atoms with Crippen LogP contribution in [0.4, 0.5) is 0 Å². The van der Waals surface area contributed by atoms with Crippen molar-refractivity contribution < 1.29 is 9.59 Å². The molecule has 0 aromatic carbocycles. The highest BCUT2D eigenvalue weighted by atomic mass is 16.2. The second kappa shape index (κ2) is 2.60. The molecule has 0 aromatic heterocycles. The van der Waals surface area contributed by atoms with Gasteiger partial charge in [0, 0.05) is 0 Å². The normalized spacial score (nSPS) is 25.4. The van der Waals surface area contributed by atoms with E-state index >= 15 is 0 Å². The van der Waals surface area contributed by atoms with Gasteiger partial charge in [0.15, 0.2) is 0 Å². The van der Waals surface area contributed by atoms with Gasteiger partial charge in [-0.1, -0.05) is 0 Å². The summed E-state index contributed by atoms with van der Waals surface area (Å²) in [6.45, 7) is 7.12. The summed E-state index contributed by atoms with van der Waals surface area (Å²) in [6.07, 6.45) is -0.0233. The molecule has 1 heterocycles. The minimum atomic E-state index is -0.649. The van der Waals surface area contributed by atoms with E-state index < -0.39 is 10.8 Å². The van der Waals surface area contributed by atoms with Gasteiger partial charge in [-0.2, -0.15) is 0 Å². The molecule has 0 bridgehead atoms. The Kier molecular flexibility index (Phi) is 2.05. The molecule has 0 N–H and O–H groups in total. The SMILES string of the molecule is [B]CN1C(=O)C(C)(C)C(C)(C)C1=O. The summed E-state index contributed by atoms with van der Waals surface area (Å²) in [7, 11) is 5.34. The quantitative estimate of drug-likeness (QED) is 0.435. The van der Waals surface area contributed by atoms with Gasteiger partial charge in [-0.15, -0.1) is 0 Å². The van der Waals surface area contributed by atoms with Crippen LogP contribution in [0, 0.1) is 10.8 Å². The lowest BCUT2D eigenvalue weighted by molar-refractivity contribution is -0.140. The Morgan fingerprint density at radius 1 is 1.08 bits per heavy atom. The summed E-state index contributed by atoms with van der Waals surface area (Å²) in [4.78, 5) is 24.5. The summed E-state index contributed by atoms with van der Waals surface area (Å²) >= 11 is 0. The van der Waals surface area contributed by atoms with Crippen molar-refractivity contribution in [3.8, 4) is 0 Å². The molecule has 2 amide bonds. The molecule has 4 heteroatoms. The molecule has 1 saturated heterocycles. The van der Waals surface area contributed by atoms with Gasteiger partial charge in [0.1, 0.15) is 0 Å². The highest BCUT2D eigenvalue weighted by Crippen LogP contribution is 2.46. The van der Waals surface area contributed by atoms with Gasteiger partial charge in [0.25, 0.3) is 0 Å². The van der Waals surface area contributed by atoms with E-state index in [-0.39, 0.29) is 18.3 Å². The van der Waals surface area contributed by atoms with Crippen LogP contribution in [-0.4, -0.2) is 31.0 Å². The number of imide groups is 1. The van der Waals surface area contributed by atoms with Crippen molar-refractivity contribution in [2.45, 2.75) is 27.7 Å². The fraction of sp³-hybridized carbons (Fsp3) is 0.778. The number of hydrogen-bond acceptors (Lipinski definition) is 2. The van der Waals surface area contributed by atoms with E-state index in [9.17, 15) is 9.59 Å². The summed E-state index contributed by atoms with van der Waals surface area (Å²) in [6, 6.07) is 0. The third-order valence-electron chi connectivity index (χ3n) is 3.30. The zero-order valence-corrected chi connectivity index (χ0v) is 8.55. The lowest BCUT2D eigenvalue weighted by atomic mass is 9.70. The van der Waals surface area contributed by atoms with Gasteiger partial charge >= 0.3 is 0 Å². The van der Waals surface area contributed by atoms with Crippen LogP contribution in [-0.2, 0) is 9.59 Å². The Hall–Kier alpha value is -0.795. The van der Waals surface area contributed by atoms with Gasteiger partial charge in [0.2, 0.25) is 11.8 Å². The molecule has 0 aliphatic carbocycles. The van der Waals surface area contributed by atoms with Crippen molar-refractivity contribution in [3.63, 3.8) is 0 Å². The van der Waals surface area contributed by atoms with Crippen LogP contribution in [0.15, 0.2) is 0 Å². The molecule has 1 aliphatic heterocycles. The Balaban J connectivity index is 3.20. The van der Waals surface area contributed by atoms with Crippen molar-refractivity contribution in [1.29, 1.82) is 0 Å². The largest absolute Gasteiger partial charge is 0.291 e. The van der Waals surface area contributed by atoms with Gasteiger partial charge in [-0.05, 0) is 34.1 Å². The van der Waals surface area contributed by atoms with Crippen molar-refractivity contribution in [3.05, 3.63) is 0 Å². The van der Waals surface area contributed by atoms with Gasteiger partial charge < -0.3 is 0 Å². The third kappa shape index (κ3) is 1.04. The fourth-order valence-corrected chi connectivity index (χ4v) is 1.47. The maximum Gasteiger partial charge on any atom is 0.235 e. The molecule has 2 radical (unpaired) electrons. The molecule has 1 fully saturated rings. The van der Waals surface area contributed by atoms with E-state index in [2.05, 4.69) is 0 Å². The zero-order valence-electron chi connectivity index (χ0n) is 8.55. The molecular formula is C9H14BNO2. The summed E-state index contributed by atoms with van der Waals surface area (Å²) < 4.78 is 0. The highest BCUT2D eigenvalue weighted by Gasteiger charge is 2.58. The van der Waals surface area contributed by atoms with Crippen molar-refractivity contribution in [2.75, 3.05) is 6.44 Å². The predicted molar refractivity (Wildman–Crippen MR) is 50.0 cm³/mol. The van der Waals surface area contributed by atoms with Crippen LogP contribution >= 0.6 is 0 Å². The topological polar surface area (TPSA) is 37.4 Å². The molecule has 1 rings (SSSR count). The average molecular weight is 179 g/mol. The Morgan fingerprint density at radius 2 is 1.38 bits per heavy atom. The molecule has 0 spiro atoms. The molecule has 1 aliphatic rings. The van der Waals surface area contributed by atoms with Crippen LogP contribution < -0.4 is 0 Å². The van der Waals surface area contributed by atoms with Gasteiger partial charge in [-0.3, -0.25) is 14.5 Å². The van der Waals surface area contributed by atoms with Crippen LogP contribution in [0.5, 0.6) is 0 Å². The number of nitrogens with zero attached hydrogens (tertiary/aromatic N) is 1. The van der Waals surface area contributed by atoms with Crippen LogP contribution in [0.1, 0.15) is 27.7 Å². The smallest absolute Gasteiger partial charge is 0.235 e. The van der Waals surface area contributed by atoms with E-state index in [1.807, 2.05) is 0 Å². The molecule has 70 valence electrons. The molecule has 0 unspecified atom stereocenters. The van der Waals surface area contributed by atoms with E-state index in [0.29, 0.717) is 0 Å². The molecule has 0 saturated carbocycles. The minimum Gasteiger partial charge on any atom is -0.291 e. The number of amides is 2. The first-order valence-corrected chi connectivity index (χ1v) is 4.33. The lowest BCUT2D eigenvalue weighted by Crippen LogP contribution is -2.35. The number of carbonyl (C=O) groups excluding carboxylic acids is 2. The monoisotopic (exact) mass is 179 g/mol. The first-order chi connectivity index (χ1) is 5.76. The average Bonchev–Trinajstić information content (AvgIpc) is 2.13. The Morgan fingerprint density at radius 3 is 1.54 bits per heavy atom. The summed E-state index contributed by atoms with van der Waals surface area (Å²) in [5, 5.41) is 0. The Bertz CT molecular complexity index is 245. The van der Waals surface area contributed by atoms with Crippen molar-refractivity contribution in [2.24, 2.45) is 10.8 Å². The van der Waals surface area contributed by atoms with Crippen LogP contribution in [0.3, 0.4) is 0 Å². The van der Waals surface area contributed by atoms with Crippen molar-refractivity contribution >= 4 is 19.7 Å². The molecule has 3 nitrogen and oxygen atoms in total. The second-order valence-corrected chi connectivity index (χ2v) is 4.47.